The fourth-order valence-corrected chi connectivity index (χ4v) is 4.14. The van der Waals surface area contributed by atoms with E-state index in [1.165, 1.54) is 9.47 Å². The zero-order valence-electron chi connectivity index (χ0n) is 16.7. The van der Waals surface area contributed by atoms with Crippen molar-refractivity contribution in [1.29, 1.82) is 0 Å². The van der Waals surface area contributed by atoms with Crippen LogP contribution in [0.25, 0.3) is 11.4 Å². The molecule has 0 N–H and O–H groups in total. The number of fused-ring (bicyclic) bond motifs is 1. The Kier molecular flexibility index (Phi) is 6.00. The lowest BCUT2D eigenvalue weighted by atomic mass is 10.1. The molecule has 1 aromatic rings. The van der Waals surface area contributed by atoms with Gasteiger partial charge in [-0.15, -0.1) is 11.3 Å². The van der Waals surface area contributed by atoms with Gasteiger partial charge in [0.15, 0.2) is 5.69 Å². The van der Waals surface area contributed by atoms with Crippen LogP contribution in [0.3, 0.4) is 0 Å². The molecule has 1 aromatic heterocycles. The number of hydrogen-bond donors (Lipinski definition) is 0. The number of carbonyl (C=O) groups excluding carboxylic acids is 1. The third-order valence-corrected chi connectivity index (χ3v) is 5.76. The van der Waals surface area contributed by atoms with Crippen molar-refractivity contribution in [2.75, 3.05) is 21.1 Å². The van der Waals surface area contributed by atoms with Gasteiger partial charge in [0.1, 0.15) is 12.4 Å². The van der Waals surface area contributed by atoms with Crippen molar-refractivity contribution >= 4 is 17.2 Å². The van der Waals surface area contributed by atoms with Crippen LogP contribution in [0.15, 0.2) is 29.8 Å². The fraction of sp³-hybridized carbons (Fsp3) is 0.400. The van der Waals surface area contributed by atoms with Gasteiger partial charge in [0.05, 0.1) is 0 Å². The van der Waals surface area contributed by atoms with E-state index in [1.54, 1.807) is 50.8 Å². The van der Waals surface area contributed by atoms with Gasteiger partial charge in [-0.1, -0.05) is 0 Å². The minimum absolute atomic E-state index is 0.0671. The predicted molar refractivity (Wildman–Crippen MR) is 107 cm³/mol. The van der Waals surface area contributed by atoms with Crippen molar-refractivity contribution in [2.24, 2.45) is 0 Å². The minimum atomic E-state index is -4.57. The van der Waals surface area contributed by atoms with Crippen LogP contribution >= 0.6 is 11.3 Å². The monoisotopic (exact) mass is 424 g/mol. The van der Waals surface area contributed by atoms with Crippen LogP contribution in [0.4, 0.5) is 13.2 Å². The van der Waals surface area contributed by atoms with Crippen molar-refractivity contribution in [3.8, 4) is 11.4 Å². The average molecular weight is 424 g/mol. The summed E-state index contributed by atoms with van der Waals surface area (Å²) in [6.45, 7) is 2.58. The highest BCUT2D eigenvalue weighted by Crippen LogP contribution is 2.39. The van der Waals surface area contributed by atoms with Crippen LogP contribution in [-0.2, 0) is 30.6 Å². The number of aromatic nitrogens is 2. The van der Waals surface area contributed by atoms with E-state index in [1.807, 2.05) is 23.3 Å². The maximum absolute atomic E-state index is 13.7. The topological polar surface area (TPSA) is 41.4 Å². The summed E-state index contributed by atoms with van der Waals surface area (Å²) in [5, 5.41) is 1.98. The SMILES string of the molecule is Cc1ccsc1CN(C)Cc1c2cccn(CC(=O)N(C)C)c-2nc1C(F)(F)F. The van der Waals surface area contributed by atoms with Gasteiger partial charge in [-0.2, -0.15) is 13.2 Å². The number of carbonyl (C=O) groups is 1. The second-order valence-electron chi connectivity index (χ2n) is 7.30. The lowest BCUT2D eigenvalue weighted by molar-refractivity contribution is -0.141. The van der Waals surface area contributed by atoms with Gasteiger partial charge in [-0.25, -0.2) is 4.98 Å². The van der Waals surface area contributed by atoms with Crippen molar-refractivity contribution < 1.29 is 18.0 Å². The molecular weight excluding hydrogens is 401 g/mol. The van der Waals surface area contributed by atoms with E-state index < -0.39 is 11.9 Å². The number of halogens is 3. The fourth-order valence-electron chi connectivity index (χ4n) is 3.15. The lowest BCUT2D eigenvalue weighted by Crippen LogP contribution is -2.26. The lowest BCUT2D eigenvalue weighted by Gasteiger charge is -2.19. The molecular formula is C20H23F3N4OS. The van der Waals surface area contributed by atoms with E-state index in [-0.39, 0.29) is 30.4 Å². The molecule has 2 aliphatic rings. The van der Waals surface area contributed by atoms with Crippen LogP contribution < -0.4 is 0 Å². The Hall–Kier alpha value is -2.39. The van der Waals surface area contributed by atoms with E-state index in [4.69, 9.17) is 0 Å². The average Bonchev–Trinajstić information content (AvgIpc) is 3.19. The molecule has 2 aliphatic heterocycles. The normalized spacial score (nSPS) is 12.1. The summed E-state index contributed by atoms with van der Waals surface area (Å²) in [6, 6.07) is 5.28. The van der Waals surface area contributed by atoms with E-state index in [2.05, 4.69) is 4.98 Å². The quantitative estimate of drug-likeness (QED) is 0.598. The molecule has 0 atom stereocenters. The Morgan fingerprint density at radius 1 is 1.21 bits per heavy atom. The molecule has 0 aromatic carbocycles. The molecule has 0 saturated heterocycles. The minimum Gasteiger partial charge on any atom is -0.347 e. The summed E-state index contributed by atoms with van der Waals surface area (Å²) < 4.78 is 42.7. The summed E-state index contributed by atoms with van der Waals surface area (Å²) in [4.78, 5) is 20.4. The third-order valence-electron chi connectivity index (χ3n) is 4.75. The van der Waals surface area contributed by atoms with Gasteiger partial charge in [-0.3, -0.25) is 9.69 Å². The number of nitrogens with zero attached hydrogens (tertiary/aromatic N) is 4. The first kappa shape index (κ1) is 21.3. The number of aryl methyl sites for hydroxylation is 1. The van der Waals surface area contributed by atoms with Crippen molar-refractivity contribution in [1.82, 2.24) is 19.4 Å². The molecule has 9 heteroatoms. The van der Waals surface area contributed by atoms with E-state index in [9.17, 15) is 18.0 Å². The zero-order chi connectivity index (χ0) is 21.3. The number of thiophene rings is 1. The highest BCUT2D eigenvalue weighted by molar-refractivity contribution is 7.10. The highest BCUT2D eigenvalue weighted by Gasteiger charge is 2.39. The number of rotatable bonds is 6. The zero-order valence-corrected chi connectivity index (χ0v) is 17.6. The van der Waals surface area contributed by atoms with Crippen molar-refractivity contribution in [2.45, 2.75) is 32.7 Å². The summed E-state index contributed by atoms with van der Waals surface area (Å²) in [6.07, 6.45) is -2.99. The maximum Gasteiger partial charge on any atom is 0.433 e. The number of alkyl halides is 3. The molecule has 29 heavy (non-hydrogen) atoms. The van der Waals surface area contributed by atoms with E-state index in [0.29, 0.717) is 12.1 Å². The van der Waals surface area contributed by atoms with Crippen LogP contribution in [0.2, 0.25) is 0 Å². The molecule has 5 nitrogen and oxygen atoms in total. The first-order valence-electron chi connectivity index (χ1n) is 9.04. The predicted octanol–water partition coefficient (Wildman–Crippen LogP) is 4.10. The highest BCUT2D eigenvalue weighted by atomic mass is 32.1. The molecule has 0 radical (unpaired) electrons. The number of hydrogen-bond acceptors (Lipinski definition) is 4. The Bertz CT molecular complexity index is 977. The number of likely N-dealkylation sites (N-methyl/N-ethyl adjacent to an activating group) is 1. The van der Waals surface area contributed by atoms with Crippen LogP contribution in [0, 0.1) is 6.92 Å². The van der Waals surface area contributed by atoms with Gasteiger partial charge in [0.25, 0.3) is 0 Å². The molecule has 0 saturated carbocycles. The summed E-state index contributed by atoms with van der Waals surface area (Å²) >= 11 is 1.59. The third kappa shape index (κ3) is 4.62. The maximum atomic E-state index is 13.7. The molecule has 0 unspecified atom stereocenters. The summed E-state index contributed by atoms with van der Waals surface area (Å²) in [5.41, 5.74) is 0.792. The van der Waals surface area contributed by atoms with Crippen LogP contribution in [-0.4, -0.2) is 46.4 Å². The second kappa shape index (κ2) is 8.16. The standard InChI is InChI=1S/C20H23F3N4OS/c1-13-7-9-29-16(13)11-26(4)10-15-14-6-5-8-27(12-17(28)25(2)3)19(14)24-18(15)20(21,22)23/h5-9H,10-12H2,1-4H3. The second-order valence-corrected chi connectivity index (χ2v) is 8.30. The number of pyridine rings is 1. The first-order valence-corrected chi connectivity index (χ1v) is 9.92. The van der Waals surface area contributed by atoms with Gasteiger partial charge in [0, 0.05) is 49.4 Å². The van der Waals surface area contributed by atoms with Gasteiger partial charge in [-0.05, 0) is 43.1 Å². The molecule has 3 heterocycles. The number of amides is 1. The molecule has 0 bridgehead atoms. The molecule has 3 rings (SSSR count). The first-order chi connectivity index (χ1) is 13.6. The largest absolute Gasteiger partial charge is 0.433 e. The van der Waals surface area contributed by atoms with Gasteiger partial charge >= 0.3 is 6.18 Å². The molecule has 0 fully saturated rings. The van der Waals surface area contributed by atoms with Gasteiger partial charge in [0.2, 0.25) is 5.91 Å². The van der Waals surface area contributed by atoms with E-state index in [0.717, 1.165) is 10.4 Å². The van der Waals surface area contributed by atoms with Crippen molar-refractivity contribution in [3.05, 3.63) is 51.5 Å². The smallest absolute Gasteiger partial charge is 0.347 e. The Morgan fingerprint density at radius 2 is 1.93 bits per heavy atom. The van der Waals surface area contributed by atoms with Gasteiger partial charge < -0.3 is 9.47 Å². The molecule has 0 aliphatic carbocycles. The molecule has 0 spiro atoms. The molecule has 156 valence electrons. The molecule has 1 amide bonds. The Morgan fingerprint density at radius 3 is 2.52 bits per heavy atom. The van der Waals surface area contributed by atoms with Crippen LogP contribution in [0.5, 0.6) is 0 Å². The summed E-state index contributed by atoms with van der Waals surface area (Å²) in [5.74, 6) is -0.0448. The van der Waals surface area contributed by atoms with Crippen LogP contribution in [0.1, 0.15) is 21.7 Å². The van der Waals surface area contributed by atoms with Crippen molar-refractivity contribution in [3.63, 3.8) is 0 Å². The summed E-state index contributed by atoms with van der Waals surface area (Å²) in [7, 11) is 5.01. The van der Waals surface area contributed by atoms with E-state index >= 15 is 0 Å². The Labute approximate surface area is 171 Å². The Balaban J connectivity index is 1.96.